The minimum Gasteiger partial charge on any atom is -0.300 e. The molecule has 0 aliphatic heterocycles. The Hall–Kier alpha value is -1.73. The van der Waals surface area contributed by atoms with Gasteiger partial charge in [-0.25, -0.2) is 4.98 Å². The second kappa shape index (κ2) is 5.81. The van der Waals surface area contributed by atoms with Gasteiger partial charge in [0.25, 0.3) is 0 Å². The van der Waals surface area contributed by atoms with Gasteiger partial charge in [0.15, 0.2) is 5.13 Å². The van der Waals surface area contributed by atoms with Crippen LogP contribution in [0.4, 0.5) is 5.13 Å². The third kappa shape index (κ3) is 2.78. The Morgan fingerprint density at radius 2 is 2.14 bits per heavy atom. The monoisotopic (exact) mass is 378 g/mol. The van der Waals surface area contributed by atoms with Crippen LogP contribution in [0.15, 0.2) is 22.7 Å². The van der Waals surface area contributed by atoms with Gasteiger partial charge in [0.05, 0.1) is 26.1 Å². The molecule has 0 saturated heterocycles. The number of thiazole rings is 1. The van der Waals surface area contributed by atoms with Crippen LogP contribution in [0.2, 0.25) is 0 Å². The van der Waals surface area contributed by atoms with Crippen molar-refractivity contribution in [3.63, 3.8) is 0 Å². The third-order valence-corrected chi connectivity index (χ3v) is 5.54. The number of para-hydroxylation sites is 1. The van der Waals surface area contributed by atoms with Crippen molar-refractivity contribution < 1.29 is 4.79 Å². The van der Waals surface area contributed by atoms with Gasteiger partial charge in [-0.2, -0.15) is 5.10 Å². The number of aryl methyl sites for hydroxylation is 2. The van der Waals surface area contributed by atoms with Gasteiger partial charge >= 0.3 is 0 Å². The maximum absolute atomic E-state index is 12.2. The third-order valence-electron chi connectivity index (χ3n) is 3.45. The molecule has 0 fully saturated rings. The van der Waals surface area contributed by atoms with E-state index >= 15 is 0 Å². The molecule has 1 N–H and O–H groups in total. The summed E-state index contributed by atoms with van der Waals surface area (Å²) >= 11 is 4.94. The summed E-state index contributed by atoms with van der Waals surface area (Å²) in [5, 5.41) is 7.82. The highest BCUT2D eigenvalue weighted by Gasteiger charge is 2.13. The highest BCUT2D eigenvalue weighted by Crippen LogP contribution is 2.28. The summed E-state index contributed by atoms with van der Waals surface area (Å²) in [5.41, 5.74) is 3.86. The van der Waals surface area contributed by atoms with Crippen LogP contribution in [0.3, 0.4) is 0 Å². The van der Waals surface area contributed by atoms with Gasteiger partial charge in [0.2, 0.25) is 5.91 Å². The average molecular weight is 379 g/mol. The summed E-state index contributed by atoms with van der Waals surface area (Å²) in [6.07, 6.45) is 0. The van der Waals surface area contributed by atoms with Crippen LogP contribution in [-0.4, -0.2) is 20.7 Å². The largest absolute Gasteiger partial charge is 0.300 e. The lowest BCUT2D eigenvalue weighted by molar-refractivity contribution is -0.116. The second-order valence-electron chi connectivity index (χ2n) is 5.13. The number of anilines is 1. The first-order valence-corrected chi connectivity index (χ1v) is 8.42. The van der Waals surface area contributed by atoms with Gasteiger partial charge < -0.3 is 5.32 Å². The van der Waals surface area contributed by atoms with Gasteiger partial charge in [-0.1, -0.05) is 23.5 Å². The Morgan fingerprint density at radius 3 is 2.77 bits per heavy atom. The Kier molecular flexibility index (Phi) is 4.01. The van der Waals surface area contributed by atoms with Crippen molar-refractivity contribution in [3.05, 3.63) is 39.6 Å². The van der Waals surface area contributed by atoms with E-state index in [1.165, 1.54) is 11.3 Å². The van der Waals surface area contributed by atoms with Crippen LogP contribution in [0.5, 0.6) is 0 Å². The van der Waals surface area contributed by atoms with Crippen LogP contribution < -0.4 is 5.32 Å². The summed E-state index contributed by atoms with van der Waals surface area (Å²) in [7, 11) is 0. The molecule has 1 aromatic carbocycles. The highest BCUT2D eigenvalue weighted by atomic mass is 79.9. The second-order valence-corrected chi connectivity index (χ2v) is 6.95. The summed E-state index contributed by atoms with van der Waals surface area (Å²) in [6.45, 7) is 6.02. The number of benzene rings is 1. The average Bonchev–Trinajstić information content (AvgIpc) is 2.97. The summed E-state index contributed by atoms with van der Waals surface area (Å²) in [5.74, 6) is -0.130. The van der Waals surface area contributed by atoms with Crippen molar-refractivity contribution in [2.45, 2.75) is 27.3 Å². The van der Waals surface area contributed by atoms with Crippen molar-refractivity contribution in [1.82, 2.24) is 14.8 Å². The molecule has 0 spiro atoms. The Balaban J connectivity index is 1.78. The SMILES string of the molecule is Cc1nn(CC(=O)Nc2nc3c(C)cccc3s2)c(C)c1Br. The van der Waals surface area contributed by atoms with Gasteiger partial charge in [-0.15, -0.1) is 0 Å². The normalized spacial score (nSPS) is 11.1. The zero-order chi connectivity index (χ0) is 15.9. The molecule has 5 nitrogen and oxygen atoms in total. The smallest absolute Gasteiger partial charge is 0.247 e. The van der Waals surface area contributed by atoms with E-state index in [9.17, 15) is 4.79 Å². The van der Waals surface area contributed by atoms with Crippen molar-refractivity contribution in [3.8, 4) is 0 Å². The minimum absolute atomic E-state index is 0.130. The lowest BCUT2D eigenvalue weighted by Crippen LogP contribution is -2.20. The van der Waals surface area contributed by atoms with E-state index in [0.717, 1.165) is 31.6 Å². The minimum atomic E-state index is -0.130. The standard InChI is InChI=1S/C15H15BrN4OS/c1-8-5-4-6-11-14(8)18-15(22-11)17-12(21)7-20-10(3)13(16)9(2)19-20/h4-6H,7H2,1-3H3,(H,17,18,21). The Morgan fingerprint density at radius 1 is 1.36 bits per heavy atom. The molecule has 2 aromatic heterocycles. The quantitative estimate of drug-likeness (QED) is 0.753. The number of nitrogens with zero attached hydrogens (tertiary/aromatic N) is 3. The molecular weight excluding hydrogens is 364 g/mol. The lowest BCUT2D eigenvalue weighted by atomic mass is 10.2. The van der Waals surface area contributed by atoms with Gasteiger partial charge in [0.1, 0.15) is 6.54 Å². The molecule has 7 heteroatoms. The molecule has 2 heterocycles. The first kappa shape index (κ1) is 15.2. The Bertz CT molecular complexity index is 868. The molecular formula is C15H15BrN4OS. The van der Waals surface area contributed by atoms with E-state index in [-0.39, 0.29) is 12.5 Å². The van der Waals surface area contributed by atoms with Crippen LogP contribution in [-0.2, 0) is 11.3 Å². The molecule has 0 bridgehead atoms. The highest BCUT2D eigenvalue weighted by molar-refractivity contribution is 9.10. The fraction of sp³-hybridized carbons (Fsp3) is 0.267. The first-order valence-electron chi connectivity index (χ1n) is 6.81. The van der Waals surface area contributed by atoms with Crippen molar-refractivity contribution in [1.29, 1.82) is 0 Å². The first-order chi connectivity index (χ1) is 10.5. The van der Waals surface area contributed by atoms with E-state index in [2.05, 4.69) is 31.3 Å². The molecule has 114 valence electrons. The number of hydrogen-bond donors (Lipinski definition) is 1. The number of hydrogen-bond acceptors (Lipinski definition) is 4. The van der Waals surface area contributed by atoms with E-state index in [1.807, 2.05) is 39.0 Å². The number of halogens is 1. The number of aromatic nitrogens is 3. The number of carbonyl (C=O) groups excluding carboxylic acids is 1. The molecule has 1 amide bonds. The van der Waals surface area contributed by atoms with Crippen molar-refractivity contribution in [2.24, 2.45) is 0 Å². The zero-order valence-electron chi connectivity index (χ0n) is 12.5. The maximum Gasteiger partial charge on any atom is 0.247 e. The predicted molar refractivity (Wildman–Crippen MR) is 92.4 cm³/mol. The van der Waals surface area contributed by atoms with Crippen molar-refractivity contribution in [2.75, 3.05) is 5.32 Å². The van der Waals surface area contributed by atoms with Crippen LogP contribution in [0.1, 0.15) is 17.0 Å². The molecule has 0 aliphatic carbocycles. The maximum atomic E-state index is 12.2. The zero-order valence-corrected chi connectivity index (χ0v) is 14.9. The van der Waals surface area contributed by atoms with E-state index < -0.39 is 0 Å². The van der Waals surface area contributed by atoms with Crippen LogP contribution in [0, 0.1) is 20.8 Å². The number of fused-ring (bicyclic) bond motifs is 1. The van der Waals surface area contributed by atoms with Crippen LogP contribution in [0.25, 0.3) is 10.2 Å². The van der Waals surface area contributed by atoms with Crippen LogP contribution >= 0.6 is 27.3 Å². The predicted octanol–water partition coefficient (Wildman–Crippen LogP) is 3.82. The molecule has 3 aromatic rings. The summed E-state index contributed by atoms with van der Waals surface area (Å²) in [4.78, 5) is 16.7. The van der Waals surface area contributed by atoms with Gasteiger partial charge in [-0.3, -0.25) is 9.48 Å². The fourth-order valence-electron chi connectivity index (χ4n) is 2.26. The number of amides is 1. The number of carbonyl (C=O) groups is 1. The van der Waals surface area contributed by atoms with E-state index in [1.54, 1.807) is 4.68 Å². The van der Waals surface area contributed by atoms with Crippen molar-refractivity contribution >= 4 is 48.5 Å². The number of nitrogens with one attached hydrogen (secondary N) is 1. The molecule has 3 rings (SSSR count). The molecule has 0 aliphatic rings. The lowest BCUT2D eigenvalue weighted by Gasteiger charge is -2.04. The fourth-order valence-corrected chi connectivity index (χ4v) is 3.51. The van der Waals surface area contributed by atoms with E-state index in [4.69, 9.17) is 0 Å². The molecule has 0 atom stereocenters. The number of rotatable bonds is 3. The van der Waals surface area contributed by atoms with E-state index in [0.29, 0.717) is 5.13 Å². The Labute approximate surface area is 140 Å². The van der Waals surface area contributed by atoms with Gasteiger partial charge in [0, 0.05) is 0 Å². The summed E-state index contributed by atoms with van der Waals surface area (Å²) in [6, 6.07) is 6.02. The molecule has 0 saturated carbocycles. The molecule has 22 heavy (non-hydrogen) atoms. The molecule has 0 radical (unpaired) electrons. The molecule has 0 unspecified atom stereocenters. The topological polar surface area (TPSA) is 59.8 Å². The summed E-state index contributed by atoms with van der Waals surface area (Å²) < 4.78 is 3.70. The van der Waals surface area contributed by atoms with Gasteiger partial charge in [-0.05, 0) is 48.3 Å².